The summed E-state index contributed by atoms with van der Waals surface area (Å²) in [6.07, 6.45) is 0. The summed E-state index contributed by atoms with van der Waals surface area (Å²) in [5.41, 5.74) is 4.23. The summed E-state index contributed by atoms with van der Waals surface area (Å²) in [7, 11) is 0. The number of anilines is 1. The van der Waals surface area contributed by atoms with Gasteiger partial charge in [0, 0.05) is 16.8 Å². The molecule has 4 aromatic rings. The number of benzene rings is 3. The van der Waals surface area contributed by atoms with Crippen molar-refractivity contribution in [2.75, 3.05) is 5.32 Å². The standard InChI is InChI=1S/C25H22ClN3OS2/c1-25(2,3)16-10-8-15(9-11-16)22(30)29-24(31)27-17-12-13-18(19(26)14-17)23-28-20-6-4-5-7-21(20)32-23/h4-14H,1-3H3,(H2,27,29,30,31). The molecule has 0 saturated carbocycles. The molecule has 3 aromatic carbocycles. The zero-order valence-electron chi connectivity index (χ0n) is 17.9. The molecule has 1 aromatic heterocycles. The number of amides is 1. The van der Waals surface area contributed by atoms with Gasteiger partial charge in [0.2, 0.25) is 0 Å². The number of thiazole rings is 1. The van der Waals surface area contributed by atoms with Gasteiger partial charge in [-0.1, -0.05) is 56.6 Å². The first-order valence-electron chi connectivity index (χ1n) is 10.1. The number of carbonyl (C=O) groups excluding carboxylic acids is 1. The van der Waals surface area contributed by atoms with Crippen LogP contribution < -0.4 is 10.6 Å². The fourth-order valence-corrected chi connectivity index (χ4v) is 4.75. The summed E-state index contributed by atoms with van der Waals surface area (Å²) in [6, 6.07) is 21.1. The Kier molecular flexibility index (Phi) is 6.29. The third kappa shape index (κ3) is 4.99. The molecule has 4 rings (SSSR count). The van der Waals surface area contributed by atoms with E-state index in [-0.39, 0.29) is 16.4 Å². The van der Waals surface area contributed by atoms with Gasteiger partial charge in [-0.15, -0.1) is 11.3 Å². The van der Waals surface area contributed by atoms with Gasteiger partial charge in [0.25, 0.3) is 5.91 Å². The number of hydrogen-bond acceptors (Lipinski definition) is 4. The van der Waals surface area contributed by atoms with Crippen LogP contribution in [-0.4, -0.2) is 16.0 Å². The fraction of sp³-hybridized carbons (Fsp3) is 0.160. The summed E-state index contributed by atoms with van der Waals surface area (Å²) in [5.74, 6) is -0.264. The largest absolute Gasteiger partial charge is 0.332 e. The van der Waals surface area contributed by atoms with E-state index < -0.39 is 0 Å². The molecule has 0 unspecified atom stereocenters. The Bertz CT molecular complexity index is 1270. The van der Waals surface area contributed by atoms with Crippen LogP contribution in [0.3, 0.4) is 0 Å². The number of aromatic nitrogens is 1. The highest BCUT2D eigenvalue weighted by atomic mass is 35.5. The van der Waals surface area contributed by atoms with Crippen LogP contribution >= 0.6 is 35.2 Å². The molecular formula is C25H22ClN3OS2. The molecule has 32 heavy (non-hydrogen) atoms. The third-order valence-corrected chi connectivity index (χ3v) is 6.58. The molecule has 0 fully saturated rings. The van der Waals surface area contributed by atoms with Gasteiger partial charge in [-0.2, -0.15) is 0 Å². The van der Waals surface area contributed by atoms with E-state index in [0.717, 1.165) is 26.4 Å². The highest BCUT2D eigenvalue weighted by Gasteiger charge is 2.15. The van der Waals surface area contributed by atoms with Gasteiger partial charge in [-0.25, -0.2) is 4.98 Å². The SMILES string of the molecule is CC(C)(C)c1ccc(C(=O)NC(=S)Nc2ccc(-c3nc4ccccc4s3)c(Cl)c2)cc1. The van der Waals surface area contributed by atoms with Crippen molar-refractivity contribution in [3.8, 4) is 10.6 Å². The summed E-state index contributed by atoms with van der Waals surface area (Å²) in [4.78, 5) is 17.2. The topological polar surface area (TPSA) is 54.0 Å². The van der Waals surface area contributed by atoms with Crippen LogP contribution in [0.1, 0.15) is 36.7 Å². The molecule has 0 radical (unpaired) electrons. The Morgan fingerprint density at radius 2 is 1.75 bits per heavy atom. The molecule has 0 aliphatic carbocycles. The Morgan fingerprint density at radius 3 is 2.41 bits per heavy atom. The van der Waals surface area contributed by atoms with Crippen molar-refractivity contribution < 1.29 is 4.79 Å². The molecule has 0 atom stereocenters. The van der Waals surface area contributed by atoms with Gasteiger partial charge < -0.3 is 5.32 Å². The summed E-state index contributed by atoms with van der Waals surface area (Å²) in [5, 5.41) is 7.36. The van der Waals surface area contributed by atoms with Gasteiger partial charge in [-0.3, -0.25) is 10.1 Å². The summed E-state index contributed by atoms with van der Waals surface area (Å²) < 4.78 is 1.11. The lowest BCUT2D eigenvalue weighted by molar-refractivity contribution is 0.0977. The third-order valence-electron chi connectivity index (χ3n) is 4.99. The van der Waals surface area contributed by atoms with Gasteiger partial charge in [-0.05, 0) is 65.7 Å². The van der Waals surface area contributed by atoms with Crippen molar-refractivity contribution >= 4 is 62.1 Å². The predicted molar refractivity (Wildman–Crippen MR) is 139 cm³/mol. The highest BCUT2D eigenvalue weighted by molar-refractivity contribution is 7.80. The highest BCUT2D eigenvalue weighted by Crippen LogP contribution is 2.35. The number of rotatable bonds is 3. The van der Waals surface area contributed by atoms with Crippen LogP contribution in [0.5, 0.6) is 0 Å². The molecule has 162 valence electrons. The van der Waals surface area contributed by atoms with E-state index in [1.165, 1.54) is 0 Å². The lowest BCUT2D eigenvalue weighted by Gasteiger charge is -2.19. The van der Waals surface area contributed by atoms with Crippen molar-refractivity contribution in [1.29, 1.82) is 0 Å². The number of nitrogens with one attached hydrogen (secondary N) is 2. The predicted octanol–water partition coefficient (Wildman–Crippen LogP) is 7.04. The number of hydrogen-bond donors (Lipinski definition) is 2. The Balaban J connectivity index is 1.43. The normalized spacial score (nSPS) is 11.4. The molecule has 0 saturated heterocycles. The lowest BCUT2D eigenvalue weighted by atomic mass is 9.87. The minimum Gasteiger partial charge on any atom is -0.332 e. The molecular weight excluding hydrogens is 458 g/mol. The fourth-order valence-electron chi connectivity index (χ4n) is 3.21. The Labute approximate surface area is 201 Å². The molecule has 0 spiro atoms. The van der Waals surface area contributed by atoms with Crippen molar-refractivity contribution in [3.05, 3.63) is 82.9 Å². The van der Waals surface area contributed by atoms with Crippen LogP contribution in [0.2, 0.25) is 5.02 Å². The van der Waals surface area contributed by atoms with Gasteiger partial charge in [0.15, 0.2) is 5.11 Å². The molecule has 1 amide bonds. The number of nitrogens with zero attached hydrogens (tertiary/aromatic N) is 1. The van der Waals surface area contributed by atoms with Crippen molar-refractivity contribution in [2.45, 2.75) is 26.2 Å². The molecule has 1 heterocycles. The first-order chi connectivity index (χ1) is 15.2. The van der Waals surface area contributed by atoms with E-state index in [2.05, 4.69) is 36.4 Å². The van der Waals surface area contributed by atoms with Crippen LogP contribution in [0.4, 0.5) is 5.69 Å². The van der Waals surface area contributed by atoms with Crippen molar-refractivity contribution in [3.63, 3.8) is 0 Å². The maximum Gasteiger partial charge on any atom is 0.257 e. The first-order valence-corrected chi connectivity index (χ1v) is 11.7. The molecule has 2 N–H and O–H groups in total. The van der Waals surface area contributed by atoms with E-state index in [1.54, 1.807) is 17.4 Å². The number of para-hydroxylation sites is 1. The minimum atomic E-state index is -0.264. The van der Waals surface area contributed by atoms with Crippen LogP contribution in [-0.2, 0) is 5.41 Å². The second-order valence-electron chi connectivity index (χ2n) is 8.42. The number of fused-ring (bicyclic) bond motifs is 1. The average Bonchev–Trinajstić information content (AvgIpc) is 3.17. The zero-order chi connectivity index (χ0) is 22.9. The quantitative estimate of drug-likeness (QED) is 0.309. The second kappa shape index (κ2) is 8.98. The van der Waals surface area contributed by atoms with Gasteiger partial charge in [0.05, 0.1) is 15.2 Å². The molecule has 0 bridgehead atoms. The molecule has 0 aliphatic heterocycles. The maximum absolute atomic E-state index is 12.5. The molecule has 4 nitrogen and oxygen atoms in total. The minimum absolute atomic E-state index is 0.0304. The number of carbonyl (C=O) groups is 1. The van der Waals surface area contributed by atoms with Gasteiger partial charge in [0.1, 0.15) is 5.01 Å². The van der Waals surface area contributed by atoms with Crippen LogP contribution in [0, 0.1) is 0 Å². The monoisotopic (exact) mass is 479 g/mol. The molecule has 7 heteroatoms. The second-order valence-corrected chi connectivity index (χ2v) is 10.3. The Hall–Kier alpha value is -2.80. The lowest BCUT2D eigenvalue weighted by Crippen LogP contribution is -2.34. The Morgan fingerprint density at radius 1 is 1.03 bits per heavy atom. The number of halogens is 1. The van der Waals surface area contributed by atoms with E-state index in [1.807, 2.05) is 60.7 Å². The van der Waals surface area contributed by atoms with Gasteiger partial charge >= 0.3 is 0 Å². The van der Waals surface area contributed by atoms with Crippen LogP contribution in [0.15, 0.2) is 66.7 Å². The van der Waals surface area contributed by atoms with E-state index in [4.69, 9.17) is 23.8 Å². The van der Waals surface area contributed by atoms with Crippen molar-refractivity contribution in [1.82, 2.24) is 10.3 Å². The summed E-state index contributed by atoms with van der Waals surface area (Å²) in [6.45, 7) is 6.40. The molecule has 0 aliphatic rings. The summed E-state index contributed by atoms with van der Waals surface area (Å²) >= 11 is 13.4. The van der Waals surface area contributed by atoms with Crippen LogP contribution in [0.25, 0.3) is 20.8 Å². The van der Waals surface area contributed by atoms with E-state index >= 15 is 0 Å². The zero-order valence-corrected chi connectivity index (χ0v) is 20.3. The smallest absolute Gasteiger partial charge is 0.257 e. The van der Waals surface area contributed by atoms with E-state index in [9.17, 15) is 4.79 Å². The average molecular weight is 480 g/mol. The maximum atomic E-state index is 12.5. The van der Waals surface area contributed by atoms with Crippen molar-refractivity contribution in [2.24, 2.45) is 0 Å². The first kappa shape index (κ1) is 22.4. The van der Waals surface area contributed by atoms with E-state index in [0.29, 0.717) is 16.3 Å². The number of thiocarbonyl (C=S) groups is 1.